The molecule has 1 aromatic heterocycles. The van der Waals surface area contributed by atoms with Crippen molar-refractivity contribution < 1.29 is 0 Å². The molecule has 0 aromatic carbocycles. The van der Waals surface area contributed by atoms with Gasteiger partial charge in [-0.15, -0.1) is 0 Å². The van der Waals surface area contributed by atoms with Crippen molar-refractivity contribution in [2.75, 3.05) is 13.1 Å². The van der Waals surface area contributed by atoms with Gasteiger partial charge in [0.15, 0.2) is 0 Å². The zero-order valence-corrected chi connectivity index (χ0v) is 9.96. The molecule has 0 radical (unpaired) electrons. The van der Waals surface area contributed by atoms with Crippen LogP contribution in [-0.4, -0.2) is 28.8 Å². The first-order chi connectivity index (χ1) is 7.10. The van der Waals surface area contributed by atoms with E-state index in [4.69, 9.17) is 5.41 Å². The van der Waals surface area contributed by atoms with Crippen molar-refractivity contribution in [3.05, 3.63) is 29.1 Å². The van der Waals surface area contributed by atoms with Crippen LogP contribution in [0, 0.1) is 19.3 Å². The molecule has 0 aliphatic heterocycles. The smallest absolute Gasteiger partial charge is 0.147 e. The molecule has 0 bridgehead atoms. The minimum atomic E-state index is 0.525. The topological polar surface area (TPSA) is 40.0 Å². The van der Waals surface area contributed by atoms with E-state index in [1.54, 1.807) is 0 Å². The maximum absolute atomic E-state index is 8.06. The Kier molecular flexibility index (Phi) is 3.83. The summed E-state index contributed by atoms with van der Waals surface area (Å²) in [6.07, 6.45) is 1.82. The van der Waals surface area contributed by atoms with Crippen molar-refractivity contribution >= 4 is 5.84 Å². The molecule has 3 heteroatoms. The summed E-state index contributed by atoms with van der Waals surface area (Å²) < 4.78 is 0. The summed E-state index contributed by atoms with van der Waals surface area (Å²) in [7, 11) is 0. The standard InChI is InChI=1S/C12H19N3/c1-5-15(6-2)12(13)11-10(4)7-9(3)8-14-11/h7-8,13H,5-6H2,1-4H3. The average Bonchev–Trinajstić information content (AvgIpc) is 2.19. The summed E-state index contributed by atoms with van der Waals surface area (Å²) in [5, 5.41) is 8.06. The molecule has 82 valence electrons. The van der Waals surface area contributed by atoms with E-state index < -0.39 is 0 Å². The highest BCUT2D eigenvalue weighted by molar-refractivity contribution is 5.95. The van der Waals surface area contributed by atoms with Gasteiger partial charge in [0.25, 0.3) is 0 Å². The number of nitrogens with zero attached hydrogens (tertiary/aromatic N) is 2. The molecule has 0 saturated carbocycles. The summed E-state index contributed by atoms with van der Waals surface area (Å²) in [5.74, 6) is 0.525. The van der Waals surface area contributed by atoms with Gasteiger partial charge in [0.1, 0.15) is 11.5 Å². The largest absolute Gasteiger partial charge is 0.356 e. The number of aromatic nitrogens is 1. The maximum Gasteiger partial charge on any atom is 0.147 e. The molecule has 1 N–H and O–H groups in total. The van der Waals surface area contributed by atoms with Crippen molar-refractivity contribution in [2.45, 2.75) is 27.7 Å². The zero-order chi connectivity index (χ0) is 11.4. The SMILES string of the molecule is CCN(CC)C(=N)c1ncc(C)cc1C. The lowest BCUT2D eigenvalue weighted by Gasteiger charge is -2.22. The van der Waals surface area contributed by atoms with Crippen molar-refractivity contribution in [2.24, 2.45) is 0 Å². The Balaban J connectivity index is 3.00. The van der Waals surface area contributed by atoms with Gasteiger partial charge in [0.05, 0.1) is 0 Å². The molecule has 15 heavy (non-hydrogen) atoms. The van der Waals surface area contributed by atoms with Crippen LogP contribution in [0.3, 0.4) is 0 Å². The van der Waals surface area contributed by atoms with Gasteiger partial charge < -0.3 is 4.90 Å². The maximum atomic E-state index is 8.06. The number of nitrogens with one attached hydrogen (secondary N) is 1. The van der Waals surface area contributed by atoms with Crippen LogP contribution < -0.4 is 0 Å². The predicted molar refractivity (Wildman–Crippen MR) is 63.5 cm³/mol. The fourth-order valence-electron chi connectivity index (χ4n) is 1.65. The summed E-state index contributed by atoms with van der Waals surface area (Å²) in [6.45, 7) is 9.84. The number of hydrogen-bond acceptors (Lipinski definition) is 2. The molecule has 0 atom stereocenters. The van der Waals surface area contributed by atoms with E-state index in [2.05, 4.69) is 24.9 Å². The van der Waals surface area contributed by atoms with E-state index in [0.29, 0.717) is 5.84 Å². The normalized spacial score (nSPS) is 10.1. The van der Waals surface area contributed by atoms with Gasteiger partial charge >= 0.3 is 0 Å². The van der Waals surface area contributed by atoms with Crippen LogP contribution in [0.4, 0.5) is 0 Å². The Morgan fingerprint density at radius 2 is 1.93 bits per heavy atom. The highest BCUT2D eigenvalue weighted by atomic mass is 15.2. The Morgan fingerprint density at radius 3 is 2.40 bits per heavy atom. The third-order valence-electron chi connectivity index (χ3n) is 2.52. The van der Waals surface area contributed by atoms with Crippen LogP contribution in [0.5, 0.6) is 0 Å². The summed E-state index contributed by atoms with van der Waals surface area (Å²) in [4.78, 5) is 6.33. The number of aryl methyl sites for hydroxylation is 2. The first kappa shape index (κ1) is 11.7. The molecule has 1 aromatic rings. The second-order valence-corrected chi connectivity index (χ2v) is 3.70. The zero-order valence-electron chi connectivity index (χ0n) is 9.96. The van der Waals surface area contributed by atoms with Crippen LogP contribution in [-0.2, 0) is 0 Å². The minimum absolute atomic E-state index is 0.525. The number of hydrogen-bond donors (Lipinski definition) is 1. The summed E-state index contributed by atoms with van der Waals surface area (Å²) >= 11 is 0. The molecule has 0 aliphatic carbocycles. The molecule has 3 nitrogen and oxygen atoms in total. The van der Waals surface area contributed by atoms with Gasteiger partial charge in [-0.1, -0.05) is 6.07 Å². The monoisotopic (exact) mass is 205 g/mol. The van der Waals surface area contributed by atoms with Gasteiger partial charge in [0, 0.05) is 19.3 Å². The highest BCUT2D eigenvalue weighted by Crippen LogP contribution is 2.09. The number of rotatable bonds is 3. The van der Waals surface area contributed by atoms with E-state index in [1.807, 2.05) is 24.9 Å². The molecule has 0 fully saturated rings. The van der Waals surface area contributed by atoms with Gasteiger partial charge in [-0.3, -0.25) is 10.4 Å². The third kappa shape index (κ3) is 2.55. The van der Waals surface area contributed by atoms with Crippen LogP contribution in [0.15, 0.2) is 12.3 Å². The molecular formula is C12H19N3. The van der Waals surface area contributed by atoms with Crippen LogP contribution in [0.25, 0.3) is 0 Å². The van der Waals surface area contributed by atoms with Crippen molar-refractivity contribution in [1.29, 1.82) is 5.41 Å². The van der Waals surface area contributed by atoms with Gasteiger partial charge in [-0.25, -0.2) is 0 Å². The lowest BCUT2D eigenvalue weighted by Crippen LogP contribution is -2.31. The fourth-order valence-corrected chi connectivity index (χ4v) is 1.65. The van der Waals surface area contributed by atoms with Gasteiger partial charge in [-0.2, -0.15) is 0 Å². The molecular weight excluding hydrogens is 186 g/mol. The summed E-state index contributed by atoms with van der Waals surface area (Å²) in [6, 6.07) is 2.07. The van der Waals surface area contributed by atoms with E-state index in [9.17, 15) is 0 Å². The second-order valence-electron chi connectivity index (χ2n) is 3.70. The van der Waals surface area contributed by atoms with Crippen molar-refractivity contribution in [1.82, 2.24) is 9.88 Å². The Hall–Kier alpha value is -1.38. The Bertz CT molecular complexity index is 354. The third-order valence-corrected chi connectivity index (χ3v) is 2.52. The quantitative estimate of drug-likeness (QED) is 0.608. The molecule has 0 unspecified atom stereocenters. The number of amidine groups is 1. The van der Waals surface area contributed by atoms with Crippen LogP contribution in [0.2, 0.25) is 0 Å². The highest BCUT2D eigenvalue weighted by Gasteiger charge is 2.11. The molecule has 1 rings (SSSR count). The minimum Gasteiger partial charge on any atom is -0.356 e. The van der Waals surface area contributed by atoms with Gasteiger partial charge in [0.2, 0.25) is 0 Å². The summed E-state index contributed by atoms with van der Waals surface area (Å²) in [5.41, 5.74) is 3.01. The second kappa shape index (κ2) is 4.91. The van der Waals surface area contributed by atoms with Crippen molar-refractivity contribution in [3.8, 4) is 0 Å². The Morgan fingerprint density at radius 1 is 1.33 bits per heavy atom. The van der Waals surface area contributed by atoms with E-state index in [1.165, 1.54) is 0 Å². The first-order valence-electron chi connectivity index (χ1n) is 5.37. The Labute approximate surface area is 91.7 Å². The van der Waals surface area contributed by atoms with Crippen molar-refractivity contribution in [3.63, 3.8) is 0 Å². The van der Waals surface area contributed by atoms with E-state index in [-0.39, 0.29) is 0 Å². The van der Waals surface area contributed by atoms with Crippen LogP contribution in [0.1, 0.15) is 30.7 Å². The molecule has 0 spiro atoms. The number of pyridine rings is 1. The first-order valence-corrected chi connectivity index (χ1v) is 5.37. The predicted octanol–water partition coefficient (Wildman–Crippen LogP) is 2.37. The van der Waals surface area contributed by atoms with Crippen LogP contribution >= 0.6 is 0 Å². The lowest BCUT2D eigenvalue weighted by atomic mass is 10.1. The fraction of sp³-hybridized carbons (Fsp3) is 0.500. The van der Waals surface area contributed by atoms with E-state index in [0.717, 1.165) is 29.9 Å². The lowest BCUT2D eigenvalue weighted by molar-refractivity contribution is 0.462. The van der Waals surface area contributed by atoms with Gasteiger partial charge in [-0.05, 0) is 38.8 Å². The molecule has 1 heterocycles. The molecule has 0 amide bonds. The van der Waals surface area contributed by atoms with E-state index >= 15 is 0 Å². The molecule has 0 saturated heterocycles. The average molecular weight is 205 g/mol. The molecule has 0 aliphatic rings.